The van der Waals surface area contributed by atoms with Gasteiger partial charge >= 0.3 is 6.18 Å². The summed E-state index contributed by atoms with van der Waals surface area (Å²) in [7, 11) is -2.68. The van der Waals surface area contributed by atoms with Crippen LogP contribution in [0.1, 0.15) is 52.0 Å². The van der Waals surface area contributed by atoms with Crippen LogP contribution in [-0.4, -0.2) is 61.7 Å². The fourth-order valence-corrected chi connectivity index (χ4v) is 6.45. The Labute approximate surface area is 202 Å². The molecule has 0 bridgehead atoms. The predicted octanol–water partition coefficient (Wildman–Crippen LogP) is 3.52. The van der Waals surface area contributed by atoms with Gasteiger partial charge in [0.05, 0.1) is 21.6 Å². The first-order valence-electron chi connectivity index (χ1n) is 11.3. The number of hydrogen-bond acceptors (Lipinski definition) is 4. The molecule has 2 fully saturated rings. The summed E-state index contributed by atoms with van der Waals surface area (Å²) in [6, 6.07) is 9.61. The van der Waals surface area contributed by atoms with Crippen molar-refractivity contribution in [1.29, 1.82) is 0 Å². The molecule has 0 unspecified atom stereocenters. The van der Waals surface area contributed by atoms with Gasteiger partial charge in [-0.1, -0.05) is 18.2 Å². The number of nitrogens with zero attached hydrogens (tertiary/aromatic N) is 2. The Kier molecular flexibility index (Phi) is 6.92. The molecule has 0 atom stereocenters. The molecule has 1 aliphatic heterocycles. The van der Waals surface area contributed by atoms with Crippen molar-refractivity contribution in [3.05, 3.63) is 65.2 Å². The van der Waals surface area contributed by atoms with E-state index in [2.05, 4.69) is 5.32 Å². The zero-order valence-electron chi connectivity index (χ0n) is 19.1. The van der Waals surface area contributed by atoms with Gasteiger partial charge in [-0.05, 0) is 56.0 Å². The monoisotopic (exact) mass is 509 g/mol. The summed E-state index contributed by atoms with van der Waals surface area (Å²) < 4.78 is 67.7. The van der Waals surface area contributed by atoms with E-state index in [4.69, 9.17) is 0 Å². The largest absolute Gasteiger partial charge is 0.416 e. The van der Waals surface area contributed by atoms with E-state index in [9.17, 15) is 31.2 Å². The van der Waals surface area contributed by atoms with Gasteiger partial charge in [0.25, 0.3) is 11.8 Å². The molecule has 2 aromatic carbocycles. The number of hydrogen-bond donors (Lipinski definition) is 1. The van der Waals surface area contributed by atoms with E-state index in [0.29, 0.717) is 31.7 Å². The second kappa shape index (κ2) is 9.62. The van der Waals surface area contributed by atoms with Gasteiger partial charge < -0.3 is 10.2 Å². The number of amides is 2. The standard InChI is InChI=1S/C24H26F3N3O4S/c1-28-22(31)20-7-2-3-8-21(20)23(32)29-13-11-18(12-14-29)30(17-9-10-17)35(33,34)19-6-4-5-16(15-19)24(25,26)27/h2-8,15,17-18H,9-14H2,1H3,(H,28,31). The highest BCUT2D eigenvalue weighted by Gasteiger charge is 2.44. The quantitative estimate of drug-likeness (QED) is 0.646. The lowest BCUT2D eigenvalue weighted by atomic mass is 10.0. The lowest BCUT2D eigenvalue weighted by molar-refractivity contribution is -0.137. The molecule has 1 N–H and O–H groups in total. The number of halogens is 3. The van der Waals surface area contributed by atoms with Crippen molar-refractivity contribution in [2.45, 2.75) is 48.8 Å². The molecule has 1 aliphatic carbocycles. The first-order chi connectivity index (χ1) is 16.5. The zero-order valence-corrected chi connectivity index (χ0v) is 19.9. The topological polar surface area (TPSA) is 86.8 Å². The average Bonchev–Trinajstić information content (AvgIpc) is 3.68. The average molecular weight is 510 g/mol. The number of piperidine rings is 1. The highest BCUT2D eigenvalue weighted by Crippen LogP contribution is 2.38. The van der Waals surface area contributed by atoms with Crippen LogP contribution >= 0.6 is 0 Å². The van der Waals surface area contributed by atoms with Gasteiger partial charge in [0.1, 0.15) is 0 Å². The third-order valence-corrected chi connectivity index (χ3v) is 8.39. The molecule has 4 rings (SSSR count). The lowest BCUT2D eigenvalue weighted by Gasteiger charge is -2.38. The molecule has 2 aliphatic rings. The molecule has 0 aromatic heterocycles. The van der Waals surface area contributed by atoms with Gasteiger partial charge in [-0.2, -0.15) is 17.5 Å². The highest BCUT2D eigenvalue weighted by atomic mass is 32.2. The summed E-state index contributed by atoms with van der Waals surface area (Å²) in [5, 5.41) is 2.51. The molecule has 1 heterocycles. The third-order valence-electron chi connectivity index (χ3n) is 6.38. The third kappa shape index (κ3) is 5.20. The Morgan fingerprint density at radius 2 is 1.54 bits per heavy atom. The normalized spacial score (nSPS) is 17.5. The maximum atomic E-state index is 13.4. The van der Waals surface area contributed by atoms with Crippen LogP contribution in [-0.2, 0) is 16.2 Å². The van der Waals surface area contributed by atoms with E-state index in [1.165, 1.54) is 17.4 Å². The van der Waals surface area contributed by atoms with Gasteiger partial charge in [-0.15, -0.1) is 0 Å². The van der Waals surface area contributed by atoms with Crippen molar-refractivity contribution in [1.82, 2.24) is 14.5 Å². The summed E-state index contributed by atoms with van der Waals surface area (Å²) in [5.41, 5.74) is -0.487. The van der Waals surface area contributed by atoms with E-state index >= 15 is 0 Å². The lowest BCUT2D eigenvalue weighted by Crippen LogP contribution is -2.49. The number of likely N-dealkylation sites (tertiary alicyclic amines) is 1. The number of benzene rings is 2. The van der Waals surface area contributed by atoms with Crippen LogP contribution in [0.5, 0.6) is 0 Å². The number of alkyl halides is 3. The maximum Gasteiger partial charge on any atom is 0.416 e. The molecule has 1 saturated heterocycles. The van der Waals surface area contributed by atoms with E-state index in [-0.39, 0.29) is 47.0 Å². The number of carbonyl (C=O) groups is 2. The smallest absolute Gasteiger partial charge is 0.355 e. The maximum absolute atomic E-state index is 13.4. The van der Waals surface area contributed by atoms with Crippen molar-refractivity contribution in [2.24, 2.45) is 0 Å². The molecule has 7 nitrogen and oxygen atoms in total. The van der Waals surface area contributed by atoms with Crippen LogP contribution in [0, 0.1) is 0 Å². The van der Waals surface area contributed by atoms with Crippen LogP contribution < -0.4 is 5.32 Å². The number of nitrogens with one attached hydrogen (secondary N) is 1. The van der Waals surface area contributed by atoms with Crippen LogP contribution in [0.4, 0.5) is 13.2 Å². The van der Waals surface area contributed by atoms with Gasteiger partial charge in [0, 0.05) is 32.2 Å². The SMILES string of the molecule is CNC(=O)c1ccccc1C(=O)N1CCC(N(C2CC2)S(=O)(=O)c2cccc(C(F)(F)F)c2)CC1. The van der Waals surface area contributed by atoms with Crippen LogP contribution in [0.3, 0.4) is 0 Å². The molecule has 1 saturated carbocycles. The fraction of sp³-hybridized carbons (Fsp3) is 0.417. The van der Waals surface area contributed by atoms with Crippen LogP contribution in [0.15, 0.2) is 53.4 Å². The molecule has 35 heavy (non-hydrogen) atoms. The molecule has 2 aromatic rings. The Morgan fingerprint density at radius 3 is 2.11 bits per heavy atom. The molecule has 2 amide bonds. The predicted molar refractivity (Wildman–Crippen MR) is 122 cm³/mol. The second-order valence-electron chi connectivity index (χ2n) is 8.74. The number of rotatable bonds is 6. The van der Waals surface area contributed by atoms with E-state index < -0.39 is 27.8 Å². The summed E-state index contributed by atoms with van der Waals surface area (Å²) >= 11 is 0. The summed E-state index contributed by atoms with van der Waals surface area (Å²) in [4.78, 5) is 26.5. The minimum atomic E-state index is -4.65. The Bertz CT molecular complexity index is 1220. The highest BCUT2D eigenvalue weighted by molar-refractivity contribution is 7.89. The van der Waals surface area contributed by atoms with E-state index in [1.54, 1.807) is 29.2 Å². The second-order valence-corrected chi connectivity index (χ2v) is 10.6. The molecular formula is C24H26F3N3O4S. The Balaban J connectivity index is 1.52. The molecule has 188 valence electrons. The molecule has 0 spiro atoms. The summed E-state index contributed by atoms with van der Waals surface area (Å²) in [6.45, 7) is 0.541. The first-order valence-corrected chi connectivity index (χ1v) is 12.8. The summed E-state index contributed by atoms with van der Waals surface area (Å²) in [6.07, 6.45) is -2.65. The molecule has 11 heteroatoms. The Morgan fingerprint density at radius 1 is 0.943 bits per heavy atom. The van der Waals surface area contributed by atoms with Crippen molar-refractivity contribution in [3.63, 3.8) is 0 Å². The zero-order chi connectivity index (χ0) is 25.4. The summed E-state index contributed by atoms with van der Waals surface area (Å²) in [5.74, 6) is -0.697. The van der Waals surface area contributed by atoms with Gasteiger partial charge in [0.2, 0.25) is 10.0 Å². The van der Waals surface area contributed by atoms with Crippen LogP contribution in [0.2, 0.25) is 0 Å². The number of sulfonamides is 1. The fourth-order valence-electron chi connectivity index (χ4n) is 4.47. The van der Waals surface area contributed by atoms with Crippen molar-refractivity contribution < 1.29 is 31.2 Å². The van der Waals surface area contributed by atoms with Crippen molar-refractivity contribution in [3.8, 4) is 0 Å². The van der Waals surface area contributed by atoms with E-state index in [1.807, 2.05) is 0 Å². The molecule has 0 radical (unpaired) electrons. The van der Waals surface area contributed by atoms with Crippen molar-refractivity contribution in [2.75, 3.05) is 20.1 Å². The Hall–Kier alpha value is -2.92. The van der Waals surface area contributed by atoms with E-state index in [0.717, 1.165) is 12.1 Å². The minimum Gasteiger partial charge on any atom is -0.355 e. The first kappa shape index (κ1) is 25.2. The number of carbonyl (C=O) groups excluding carboxylic acids is 2. The van der Waals surface area contributed by atoms with Gasteiger partial charge in [-0.25, -0.2) is 8.42 Å². The van der Waals surface area contributed by atoms with Crippen LogP contribution in [0.25, 0.3) is 0 Å². The van der Waals surface area contributed by atoms with Gasteiger partial charge in [-0.3, -0.25) is 9.59 Å². The molecular weight excluding hydrogens is 483 g/mol. The van der Waals surface area contributed by atoms with Crippen molar-refractivity contribution >= 4 is 21.8 Å². The minimum absolute atomic E-state index is 0.254. The van der Waals surface area contributed by atoms with Gasteiger partial charge in [0.15, 0.2) is 0 Å².